The van der Waals surface area contributed by atoms with E-state index in [-0.39, 0.29) is 5.92 Å². The van der Waals surface area contributed by atoms with Gasteiger partial charge in [0.2, 0.25) is 0 Å². The molecule has 0 amide bonds. The van der Waals surface area contributed by atoms with Crippen LogP contribution in [-0.2, 0) is 6.42 Å². The summed E-state index contributed by atoms with van der Waals surface area (Å²) >= 11 is 0. The Kier molecular flexibility index (Phi) is 3.87. The Hall–Kier alpha value is -1.11. The van der Waals surface area contributed by atoms with Gasteiger partial charge in [-0.3, -0.25) is 0 Å². The number of nitrogens with one attached hydrogen (secondary N) is 1. The maximum absolute atomic E-state index is 7.81. The molecule has 0 fully saturated rings. The fourth-order valence-electron chi connectivity index (χ4n) is 1.59. The molecule has 0 saturated heterocycles. The quantitative estimate of drug-likeness (QED) is 0.697. The SMILES string of the molecule is CCC(=N)C(C)c1cccc(CC)c1. The number of rotatable bonds is 4. The highest BCUT2D eigenvalue weighted by Crippen LogP contribution is 2.19. The van der Waals surface area contributed by atoms with Gasteiger partial charge in [-0.15, -0.1) is 0 Å². The molecule has 1 nitrogen and oxygen atoms in total. The summed E-state index contributed by atoms with van der Waals surface area (Å²) in [5, 5.41) is 7.81. The molecule has 0 bridgehead atoms. The van der Waals surface area contributed by atoms with Gasteiger partial charge in [0.15, 0.2) is 0 Å². The molecule has 0 heterocycles. The van der Waals surface area contributed by atoms with Crippen molar-refractivity contribution in [3.05, 3.63) is 35.4 Å². The predicted octanol–water partition coefficient (Wildman–Crippen LogP) is 3.78. The zero-order valence-electron chi connectivity index (χ0n) is 9.30. The molecule has 14 heavy (non-hydrogen) atoms. The van der Waals surface area contributed by atoms with Gasteiger partial charge in [-0.2, -0.15) is 0 Å². The lowest BCUT2D eigenvalue weighted by Crippen LogP contribution is -2.06. The Morgan fingerprint density at radius 3 is 2.64 bits per heavy atom. The highest BCUT2D eigenvalue weighted by molar-refractivity contribution is 5.87. The van der Waals surface area contributed by atoms with Crippen LogP contribution in [0.4, 0.5) is 0 Å². The first-order valence-electron chi connectivity index (χ1n) is 5.35. The smallest absolute Gasteiger partial charge is 0.0188 e. The third-order valence-corrected chi connectivity index (χ3v) is 2.76. The molecule has 0 aliphatic heterocycles. The zero-order valence-corrected chi connectivity index (χ0v) is 9.30. The minimum absolute atomic E-state index is 0.270. The molecule has 0 spiro atoms. The maximum atomic E-state index is 7.81. The van der Waals surface area contributed by atoms with Crippen molar-refractivity contribution in [3.8, 4) is 0 Å². The van der Waals surface area contributed by atoms with Crippen molar-refractivity contribution >= 4 is 5.71 Å². The maximum Gasteiger partial charge on any atom is 0.0188 e. The van der Waals surface area contributed by atoms with E-state index in [1.807, 2.05) is 6.92 Å². The normalized spacial score (nSPS) is 12.5. The predicted molar refractivity (Wildman–Crippen MR) is 62.3 cm³/mol. The van der Waals surface area contributed by atoms with Crippen LogP contribution in [0.25, 0.3) is 0 Å². The highest BCUT2D eigenvalue weighted by atomic mass is 14.4. The monoisotopic (exact) mass is 189 g/mol. The molecule has 1 heteroatoms. The molecule has 1 rings (SSSR count). The second-order valence-corrected chi connectivity index (χ2v) is 3.70. The second-order valence-electron chi connectivity index (χ2n) is 3.70. The van der Waals surface area contributed by atoms with Crippen LogP contribution in [0.5, 0.6) is 0 Å². The molecule has 0 aliphatic carbocycles. The fourth-order valence-corrected chi connectivity index (χ4v) is 1.59. The van der Waals surface area contributed by atoms with Gasteiger partial charge in [-0.25, -0.2) is 0 Å². The van der Waals surface area contributed by atoms with Gasteiger partial charge < -0.3 is 5.41 Å². The van der Waals surface area contributed by atoms with Crippen LogP contribution in [0.2, 0.25) is 0 Å². The van der Waals surface area contributed by atoms with Crippen LogP contribution >= 0.6 is 0 Å². The lowest BCUT2D eigenvalue weighted by atomic mass is 9.93. The van der Waals surface area contributed by atoms with Crippen LogP contribution < -0.4 is 0 Å². The number of benzene rings is 1. The van der Waals surface area contributed by atoms with Crippen molar-refractivity contribution < 1.29 is 0 Å². The average molecular weight is 189 g/mol. The van der Waals surface area contributed by atoms with Crippen LogP contribution in [0, 0.1) is 5.41 Å². The fraction of sp³-hybridized carbons (Fsp3) is 0.462. The second kappa shape index (κ2) is 4.94. The van der Waals surface area contributed by atoms with E-state index >= 15 is 0 Å². The van der Waals surface area contributed by atoms with Gasteiger partial charge in [0.05, 0.1) is 0 Å². The van der Waals surface area contributed by atoms with E-state index in [9.17, 15) is 0 Å². The Balaban J connectivity index is 2.89. The average Bonchev–Trinajstić information content (AvgIpc) is 2.27. The van der Waals surface area contributed by atoms with Gasteiger partial charge in [-0.05, 0) is 24.0 Å². The molecule has 1 aromatic carbocycles. The molecule has 1 atom stereocenters. The Bertz CT molecular complexity index is 315. The van der Waals surface area contributed by atoms with Crippen molar-refractivity contribution in [3.63, 3.8) is 0 Å². The van der Waals surface area contributed by atoms with Gasteiger partial charge in [0.1, 0.15) is 0 Å². The summed E-state index contributed by atoms with van der Waals surface area (Å²) < 4.78 is 0. The summed E-state index contributed by atoms with van der Waals surface area (Å²) in [6, 6.07) is 8.57. The molecular weight excluding hydrogens is 170 g/mol. The number of hydrogen-bond acceptors (Lipinski definition) is 1. The van der Waals surface area contributed by atoms with Gasteiger partial charge in [0, 0.05) is 11.6 Å². The van der Waals surface area contributed by atoms with Gasteiger partial charge >= 0.3 is 0 Å². The summed E-state index contributed by atoms with van der Waals surface area (Å²) in [4.78, 5) is 0. The summed E-state index contributed by atoms with van der Waals surface area (Å²) in [5.74, 6) is 0.270. The summed E-state index contributed by atoms with van der Waals surface area (Å²) in [6.45, 7) is 6.32. The molecule has 1 unspecified atom stereocenters. The van der Waals surface area contributed by atoms with Crippen LogP contribution in [0.1, 0.15) is 44.2 Å². The van der Waals surface area contributed by atoms with E-state index in [1.54, 1.807) is 0 Å². The molecule has 76 valence electrons. The van der Waals surface area contributed by atoms with Gasteiger partial charge in [-0.1, -0.05) is 45.0 Å². The number of hydrogen-bond donors (Lipinski definition) is 1. The summed E-state index contributed by atoms with van der Waals surface area (Å²) in [5.41, 5.74) is 3.45. The molecular formula is C13H19N. The largest absolute Gasteiger partial charge is 0.309 e. The van der Waals surface area contributed by atoms with E-state index in [0.717, 1.165) is 18.6 Å². The standard InChI is InChI=1S/C13H19N/c1-4-11-7-6-8-12(9-11)10(3)13(14)5-2/h6-10,14H,4-5H2,1-3H3. The molecule has 0 aliphatic rings. The van der Waals surface area contributed by atoms with Crippen LogP contribution in [-0.4, -0.2) is 5.71 Å². The first kappa shape index (κ1) is 11.0. The van der Waals surface area contributed by atoms with E-state index in [4.69, 9.17) is 5.41 Å². The zero-order chi connectivity index (χ0) is 10.6. The van der Waals surface area contributed by atoms with E-state index < -0.39 is 0 Å². The highest BCUT2D eigenvalue weighted by Gasteiger charge is 2.09. The van der Waals surface area contributed by atoms with Crippen molar-refractivity contribution in [1.29, 1.82) is 5.41 Å². The Morgan fingerprint density at radius 2 is 2.07 bits per heavy atom. The molecule has 0 aromatic heterocycles. The number of aryl methyl sites for hydroxylation is 1. The van der Waals surface area contributed by atoms with Crippen molar-refractivity contribution in [1.82, 2.24) is 0 Å². The van der Waals surface area contributed by atoms with E-state index in [2.05, 4.69) is 38.1 Å². The van der Waals surface area contributed by atoms with Gasteiger partial charge in [0.25, 0.3) is 0 Å². The lowest BCUT2D eigenvalue weighted by molar-refractivity contribution is 0.957. The minimum atomic E-state index is 0.270. The van der Waals surface area contributed by atoms with E-state index in [0.29, 0.717) is 0 Å². The first-order valence-corrected chi connectivity index (χ1v) is 5.35. The van der Waals surface area contributed by atoms with Crippen molar-refractivity contribution in [2.45, 2.75) is 39.5 Å². The lowest BCUT2D eigenvalue weighted by Gasteiger charge is -2.12. The molecule has 1 aromatic rings. The third kappa shape index (κ3) is 2.44. The molecule has 1 N–H and O–H groups in total. The van der Waals surface area contributed by atoms with E-state index in [1.165, 1.54) is 11.1 Å². The van der Waals surface area contributed by atoms with Crippen LogP contribution in [0.15, 0.2) is 24.3 Å². The Morgan fingerprint density at radius 1 is 1.36 bits per heavy atom. The molecule has 0 saturated carbocycles. The minimum Gasteiger partial charge on any atom is -0.309 e. The van der Waals surface area contributed by atoms with Crippen molar-refractivity contribution in [2.24, 2.45) is 0 Å². The molecule has 0 radical (unpaired) electrons. The third-order valence-electron chi connectivity index (χ3n) is 2.76. The summed E-state index contributed by atoms with van der Waals surface area (Å²) in [6.07, 6.45) is 1.91. The first-order chi connectivity index (χ1) is 6.69. The Labute approximate surface area is 86.7 Å². The topological polar surface area (TPSA) is 23.9 Å². The van der Waals surface area contributed by atoms with Crippen molar-refractivity contribution in [2.75, 3.05) is 0 Å². The van der Waals surface area contributed by atoms with Crippen LogP contribution in [0.3, 0.4) is 0 Å². The summed E-state index contributed by atoms with van der Waals surface area (Å²) in [7, 11) is 0.